The molecule has 3 aromatic rings. The molecule has 1 fully saturated rings. The third kappa shape index (κ3) is 5.64. The van der Waals surface area contributed by atoms with E-state index in [-0.39, 0.29) is 5.91 Å². The van der Waals surface area contributed by atoms with Crippen LogP contribution in [0.25, 0.3) is 6.08 Å². The van der Waals surface area contributed by atoms with Crippen LogP contribution in [0.3, 0.4) is 0 Å². The van der Waals surface area contributed by atoms with Crippen molar-refractivity contribution in [2.24, 2.45) is 0 Å². The predicted octanol–water partition coefficient (Wildman–Crippen LogP) is 6.56. The highest BCUT2D eigenvalue weighted by atomic mass is 32.2. The van der Waals surface area contributed by atoms with Crippen LogP contribution in [0.15, 0.2) is 77.7 Å². The van der Waals surface area contributed by atoms with Crippen LogP contribution in [-0.4, -0.2) is 23.4 Å². The monoisotopic (exact) mass is 475 g/mol. The predicted molar refractivity (Wildman–Crippen MR) is 140 cm³/mol. The number of para-hydroxylation sites is 1. The molecule has 1 saturated heterocycles. The summed E-state index contributed by atoms with van der Waals surface area (Å²) in [6, 6.07) is 23.3. The highest BCUT2D eigenvalue weighted by Crippen LogP contribution is 2.36. The molecule has 0 aliphatic carbocycles. The first-order valence-electron chi connectivity index (χ1n) is 10.8. The maximum absolute atomic E-state index is 12.9. The summed E-state index contributed by atoms with van der Waals surface area (Å²) in [4.78, 5) is 15.1. The number of thiocarbonyl (C=S) groups is 1. The van der Waals surface area contributed by atoms with Gasteiger partial charge in [-0.05, 0) is 66.9 Å². The second kappa shape index (κ2) is 10.7. The number of amides is 1. The van der Waals surface area contributed by atoms with Crippen LogP contribution < -0.4 is 14.4 Å². The fraction of sp³-hybridized carbons (Fsp3) is 0.185. The van der Waals surface area contributed by atoms with Gasteiger partial charge in [0, 0.05) is 6.42 Å². The number of carbonyl (C=O) groups is 1. The molecule has 0 bridgehead atoms. The van der Waals surface area contributed by atoms with Gasteiger partial charge in [0.1, 0.15) is 11.5 Å². The second-order valence-corrected chi connectivity index (χ2v) is 9.35. The van der Waals surface area contributed by atoms with E-state index in [4.69, 9.17) is 21.7 Å². The van der Waals surface area contributed by atoms with Gasteiger partial charge in [-0.25, -0.2) is 0 Å². The molecule has 4 nitrogen and oxygen atoms in total. The van der Waals surface area contributed by atoms with E-state index in [1.807, 2.05) is 72.8 Å². The molecule has 0 saturated carbocycles. The third-order valence-electron chi connectivity index (χ3n) is 5.33. The van der Waals surface area contributed by atoms with Gasteiger partial charge in [-0.3, -0.25) is 9.69 Å². The Balaban J connectivity index is 1.33. The van der Waals surface area contributed by atoms with Crippen molar-refractivity contribution in [1.82, 2.24) is 0 Å². The van der Waals surface area contributed by atoms with Gasteiger partial charge in [-0.2, -0.15) is 0 Å². The largest absolute Gasteiger partial charge is 0.493 e. The number of benzene rings is 3. The lowest BCUT2D eigenvalue weighted by molar-refractivity contribution is -0.113. The van der Waals surface area contributed by atoms with Crippen molar-refractivity contribution in [3.63, 3.8) is 0 Å². The Bertz CT molecular complexity index is 1190. The average molecular weight is 476 g/mol. The Hall–Kier alpha value is -3.09. The van der Waals surface area contributed by atoms with Crippen molar-refractivity contribution in [3.05, 3.63) is 94.4 Å². The van der Waals surface area contributed by atoms with E-state index in [0.29, 0.717) is 22.4 Å². The lowest BCUT2D eigenvalue weighted by Crippen LogP contribution is -2.27. The van der Waals surface area contributed by atoms with Gasteiger partial charge in [-0.1, -0.05) is 66.4 Å². The van der Waals surface area contributed by atoms with E-state index >= 15 is 0 Å². The zero-order chi connectivity index (χ0) is 23.2. The van der Waals surface area contributed by atoms with Crippen molar-refractivity contribution in [3.8, 4) is 11.5 Å². The molecule has 4 rings (SSSR count). The number of carbonyl (C=O) groups excluding carboxylic acids is 1. The SMILES string of the molecule is Cc1cccc(OCCCOc2cccc(C=C3SC(=S)N(c4ccccc4)C3=O)c2)c1C. The van der Waals surface area contributed by atoms with Gasteiger partial charge >= 0.3 is 0 Å². The van der Waals surface area contributed by atoms with Crippen molar-refractivity contribution in [1.29, 1.82) is 0 Å². The van der Waals surface area contributed by atoms with Crippen LogP contribution in [0.5, 0.6) is 11.5 Å². The Morgan fingerprint density at radius 2 is 1.70 bits per heavy atom. The first-order chi connectivity index (χ1) is 16.0. The molecule has 0 spiro atoms. The minimum absolute atomic E-state index is 0.105. The Morgan fingerprint density at radius 1 is 0.939 bits per heavy atom. The highest BCUT2D eigenvalue weighted by molar-refractivity contribution is 8.27. The molecule has 1 aliphatic rings. The van der Waals surface area contributed by atoms with Crippen molar-refractivity contribution in [2.75, 3.05) is 18.1 Å². The topological polar surface area (TPSA) is 38.8 Å². The molecule has 0 radical (unpaired) electrons. The van der Waals surface area contributed by atoms with Gasteiger partial charge in [0.25, 0.3) is 5.91 Å². The molecule has 0 unspecified atom stereocenters. The highest BCUT2D eigenvalue weighted by Gasteiger charge is 2.33. The van der Waals surface area contributed by atoms with Crippen LogP contribution >= 0.6 is 24.0 Å². The number of aryl methyl sites for hydroxylation is 1. The molecule has 0 atom stereocenters. The smallest absolute Gasteiger partial charge is 0.270 e. The molecule has 1 heterocycles. The first-order valence-corrected chi connectivity index (χ1v) is 12.0. The fourth-order valence-corrected chi connectivity index (χ4v) is 4.72. The van der Waals surface area contributed by atoms with Crippen LogP contribution in [0.2, 0.25) is 0 Å². The summed E-state index contributed by atoms with van der Waals surface area (Å²) in [5.41, 5.74) is 4.07. The van der Waals surface area contributed by atoms with E-state index < -0.39 is 0 Å². The fourth-order valence-electron chi connectivity index (χ4n) is 3.42. The van der Waals surface area contributed by atoms with E-state index in [0.717, 1.165) is 29.2 Å². The van der Waals surface area contributed by atoms with Crippen LogP contribution in [-0.2, 0) is 4.79 Å². The zero-order valence-corrected chi connectivity index (χ0v) is 20.2. The first kappa shape index (κ1) is 23.1. The summed E-state index contributed by atoms with van der Waals surface area (Å²) in [7, 11) is 0. The number of hydrogen-bond donors (Lipinski definition) is 0. The lowest BCUT2D eigenvalue weighted by Gasteiger charge is -2.13. The van der Waals surface area contributed by atoms with Crippen LogP contribution in [0, 0.1) is 13.8 Å². The Kier molecular flexibility index (Phi) is 7.47. The molecular formula is C27H25NO3S2. The average Bonchev–Trinajstić information content (AvgIpc) is 3.09. The Morgan fingerprint density at radius 3 is 2.52 bits per heavy atom. The molecule has 1 amide bonds. The molecular weight excluding hydrogens is 450 g/mol. The van der Waals surface area contributed by atoms with E-state index in [9.17, 15) is 4.79 Å². The van der Waals surface area contributed by atoms with Gasteiger partial charge in [0.2, 0.25) is 0 Å². The van der Waals surface area contributed by atoms with Crippen molar-refractivity contribution >= 4 is 46.0 Å². The minimum atomic E-state index is -0.105. The number of nitrogens with zero attached hydrogens (tertiary/aromatic N) is 1. The molecule has 0 N–H and O–H groups in total. The molecule has 168 valence electrons. The number of hydrogen-bond acceptors (Lipinski definition) is 5. The molecule has 33 heavy (non-hydrogen) atoms. The third-order valence-corrected chi connectivity index (χ3v) is 6.64. The number of anilines is 1. The maximum atomic E-state index is 12.9. The Labute approximate surface area is 204 Å². The lowest BCUT2D eigenvalue weighted by atomic mass is 10.1. The summed E-state index contributed by atoms with van der Waals surface area (Å²) >= 11 is 6.76. The number of rotatable bonds is 8. The quantitative estimate of drug-likeness (QED) is 0.210. The van der Waals surface area contributed by atoms with Crippen LogP contribution in [0.1, 0.15) is 23.1 Å². The van der Waals surface area contributed by atoms with E-state index in [2.05, 4.69) is 19.9 Å². The standard InChI is InChI=1S/C27H25NO3S2/c1-19-9-6-14-24(20(19)2)31-16-8-15-30-23-13-7-10-21(17-23)18-25-26(29)28(27(32)33-25)22-11-4-3-5-12-22/h3-7,9-14,17-18H,8,15-16H2,1-2H3. The molecule has 0 aromatic heterocycles. The van der Waals surface area contributed by atoms with E-state index in [1.54, 1.807) is 4.90 Å². The molecule has 1 aliphatic heterocycles. The van der Waals surface area contributed by atoms with Crippen molar-refractivity contribution in [2.45, 2.75) is 20.3 Å². The van der Waals surface area contributed by atoms with Crippen LogP contribution in [0.4, 0.5) is 5.69 Å². The number of thioether (sulfide) groups is 1. The summed E-state index contributed by atoms with van der Waals surface area (Å²) in [6.07, 6.45) is 2.63. The maximum Gasteiger partial charge on any atom is 0.270 e. The van der Waals surface area contributed by atoms with Crippen molar-refractivity contribution < 1.29 is 14.3 Å². The zero-order valence-electron chi connectivity index (χ0n) is 18.6. The summed E-state index contributed by atoms with van der Waals surface area (Å²) in [5.74, 6) is 1.57. The summed E-state index contributed by atoms with van der Waals surface area (Å²) < 4.78 is 12.3. The molecule has 3 aromatic carbocycles. The minimum Gasteiger partial charge on any atom is -0.493 e. The summed E-state index contributed by atoms with van der Waals surface area (Å²) in [6.45, 7) is 5.29. The van der Waals surface area contributed by atoms with Gasteiger partial charge in [0.05, 0.1) is 23.8 Å². The summed E-state index contributed by atoms with van der Waals surface area (Å²) in [5, 5.41) is 0. The van der Waals surface area contributed by atoms with Gasteiger partial charge in [0.15, 0.2) is 4.32 Å². The second-order valence-electron chi connectivity index (χ2n) is 7.67. The molecule has 6 heteroatoms. The van der Waals surface area contributed by atoms with E-state index in [1.165, 1.54) is 22.9 Å². The van der Waals surface area contributed by atoms with Gasteiger partial charge in [-0.15, -0.1) is 0 Å². The van der Waals surface area contributed by atoms with Gasteiger partial charge < -0.3 is 9.47 Å². The number of ether oxygens (including phenoxy) is 2. The normalized spacial score (nSPS) is 14.7.